The van der Waals surface area contributed by atoms with Crippen molar-refractivity contribution in [3.63, 3.8) is 0 Å². The summed E-state index contributed by atoms with van der Waals surface area (Å²) in [7, 11) is 0. The van der Waals surface area contributed by atoms with Crippen LogP contribution in [0, 0.1) is 0 Å². The average molecular weight is 218 g/mol. The van der Waals surface area contributed by atoms with E-state index in [1.54, 1.807) is 13.0 Å². The highest BCUT2D eigenvalue weighted by atomic mass is 16.5. The molecule has 0 N–H and O–H groups in total. The lowest BCUT2D eigenvalue weighted by Gasteiger charge is -1.99. The lowest BCUT2D eigenvalue weighted by Crippen LogP contribution is -1.98. The summed E-state index contributed by atoms with van der Waals surface area (Å²) in [6, 6.07) is 8.21. The molecule has 0 saturated carbocycles. The van der Waals surface area contributed by atoms with E-state index in [-0.39, 0.29) is 5.97 Å². The zero-order chi connectivity index (χ0) is 11.8. The van der Waals surface area contributed by atoms with E-state index in [9.17, 15) is 4.79 Å². The van der Waals surface area contributed by atoms with Crippen molar-refractivity contribution in [2.24, 2.45) is 0 Å². The Hall–Kier alpha value is -1.57. The molecule has 86 valence electrons. The van der Waals surface area contributed by atoms with Crippen LogP contribution >= 0.6 is 0 Å². The Bertz CT molecular complexity index is 350. The molecule has 0 atom stereocenters. The predicted molar refractivity (Wildman–Crippen MR) is 66.1 cm³/mol. The largest absolute Gasteiger partial charge is 0.463 e. The van der Waals surface area contributed by atoms with Crippen molar-refractivity contribution in [2.45, 2.75) is 26.7 Å². The topological polar surface area (TPSA) is 26.3 Å². The molecule has 0 unspecified atom stereocenters. The SMILES string of the molecule is CCCc1ccc(C=CC(=O)OCC)cc1. The van der Waals surface area contributed by atoms with Crippen LogP contribution in [0.5, 0.6) is 0 Å². The summed E-state index contributed by atoms with van der Waals surface area (Å²) in [5.41, 5.74) is 2.35. The van der Waals surface area contributed by atoms with Gasteiger partial charge in [-0.15, -0.1) is 0 Å². The molecule has 0 aromatic heterocycles. The van der Waals surface area contributed by atoms with Gasteiger partial charge in [0.15, 0.2) is 0 Å². The molecule has 16 heavy (non-hydrogen) atoms. The highest BCUT2D eigenvalue weighted by Crippen LogP contribution is 2.08. The zero-order valence-corrected chi connectivity index (χ0v) is 9.90. The third-order valence-electron chi connectivity index (χ3n) is 2.22. The monoisotopic (exact) mass is 218 g/mol. The average Bonchev–Trinajstić information content (AvgIpc) is 2.29. The van der Waals surface area contributed by atoms with Crippen LogP contribution in [0.25, 0.3) is 6.08 Å². The van der Waals surface area contributed by atoms with E-state index in [1.807, 2.05) is 12.1 Å². The minimum absolute atomic E-state index is 0.292. The first-order chi connectivity index (χ1) is 7.76. The summed E-state index contributed by atoms with van der Waals surface area (Å²) < 4.78 is 4.80. The molecule has 0 aliphatic carbocycles. The van der Waals surface area contributed by atoms with Gasteiger partial charge in [0.05, 0.1) is 6.61 Å². The molecule has 2 heteroatoms. The van der Waals surface area contributed by atoms with Gasteiger partial charge in [-0.1, -0.05) is 37.6 Å². The van der Waals surface area contributed by atoms with Crippen molar-refractivity contribution in [2.75, 3.05) is 6.61 Å². The van der Waals surface area contributed by atoms with Gasteiger partial charge in [0.2, 0.25) is 0 Å². The van der Waals surface area contributed by atoms with Gasteiger partial charge in [-0.25, -0.2) is 4.79 Å². The van der Waals surface area contributed by atoms with Crippen molar-refractivity contribution >= 4 is 12.0 Å². The first-order valence-electron chi connectivity index (χ1n) is 5.70. The Labute approximate surface area is 96.9 Å². The van der Waals surface area contributed by atoms with Gasteiger partial charge in [-0.2, -0.15) is 0 Å². The molecule has 1 rings (SSSR count). The predicted octanol–water partition coefficient (Wildman–Crippen LogP) is 3.22. The van der Waals surface area contributed by atoms with E-state index in [1.165, 1.54) is 11.6 Å². The maximum absolute atomic E-state index is 11.1. The number of hydrogen-bond donors (Lipinski definition) is 0. The number of hydrogen-bond acceptors (Lipinski definition) is 2. The minimum atomic E-state index is -0.292. The number of aryl methyl sites for hydroxylation is 1. The van der Waals surface area contributed by atoms with Gasteiger partial charge >= 0.3 is 5.97 Å². The summed E-state index contributed by atoms with van der Waals surface area (Å²) in [5.74, 6) is -0.292. The third-order valence-corrected chi connectivity index (χ3v) is 2.22. The molecule has 1 aromatic rings. The molecule has 1 aromatic carbocycles. The van der Waals surface area contributed by atoms with Crippen LogP contribution in [0.2, 0.25) is 0 Å². The van der Waals surface area contributed by atoms with Gasteiger partial charge < -0.3 is 4.74 Å². The summed E-state index contributed by atoms with van der Waals surface area (Å²) in [6.07, 6.45) is 5.48. The molecule has 0 bridgehead atoms. The van der Waals surface area contributed by atoms with Gasteiger partial charge in [-0.3, -0.25) is 0 Å². The van der Waals surface area contributed by atoms with Crippen molar-refractivity contribution in [1.82, 2.24) is 0 Å². The number of benzene rings is 1. The Morgan fingerprint density at radius 3 is 2.50 bits per heavy atom. The Balaban J connectivity index is 2.57. The van der Waals surface area contributed by atoms with Crippen LogP contribution in [-0.2, 0) is 16.0 Å². The maximum atomic E-state index is 11.1. The minimum Gasteiger partial charge on any atom is -0.463 e. The second-order valence-electron chi connectivity index (χ2n) is 3.58. The number of ether oxygens (including phenoxy) is 1. The molecule has 0 spiro atoms. The Kier molecular flexibility index (Phi) is 5.34. The van der Waals surface area contributed by atoms with Crippen LogP contribution in [0.1, 0.15) is 31.4 Å². The highest BCUT2D eigenvalue weighted by Gasteiger charge is 1.94. The molecule has 0 heterocycles. The fourth-order valence-electron chi connectivity index (χ4n) is 1.44. The van der Waals surface area contributed by atoms with Crippen molar-refractivity contribution in [1.29, 1.82) is 0 Å². The number of esters is 1. The van der Waals surface area contributed by atoms with Gasteiger partial charge in [0.1, 0.15) is 0 Å². The molecule has 0 radical (unpaired) electrons. The van der Waals surface area contributed by atoms with E-state index < -0.39 is 0 Å². The van der Waals surface area contributed by atoms with E-state index in [0.29, 0.717) is 6.61 Å². The first-order valence-corrected chi connectivity index (χ1v) is 5.70. The second-order valence-corrected chi connectivity index (χ2v) is 3.58. The van der Waals surface area contributed by atoms with Gasteiger partial charge in [0, 0.05) is 6.08 Å². The Morgan fingerprint density at radius 1 is 1.25 bits per heavy atom. The van der Waals surface area contributed by atoms with Crippen LogP contribution in [0.3, 0.4) is 0 Å². The standard InChI is InChI=1S/C14H18O2/c1-3-5-12-6-8-13(9-7-12)10-11-14(15)16-4-2/h6-11H,3-5H2,1-2H3. The van der Waals surface area contributed by atoms with Crippen LogP contribution in [-0.4, -0.2) is 12.6 Å². The normalized spacial score (nSPS) is 10.6. The fraction of sp³-hybridized carbons (Fsp3) is 0.357. The molecule has 0 aliphatic heterocycles. The molecule has 2 nitrogen and oxygen atoms in total. The molecular formula is C14H18O2. The van der Waals surface area contributed by atoms with Crippen LogP contribution < -0.4 is 0 Å². The van der Waals surface area contributed by atoms with Crippen LogP contribution in [0.15, 0.2) is 30.3 Å². The lowest BCUT2D eigenvalue weighted by atomic mass is 10.1. The van der Waals surface area contributed by atoms with Gasteiger partial charge in [0.25, 0.3) is 0 Å². The van der Waals surface area contributed by atoms with Gasteiger partial charge in [-0.05, 0) is 30.5 Å². The smallest absolute Gasteiger partial charge is 0.330 e. The quantitative estimate of drug-likeness (QED) is 0.560. The van der Waals surface area contributed by atoms with E-state index in [4.69, 9.17) is 4.74 Å². The molecule has 0 fully saturated rings. The van der Waals surface area contributed by atoms with E-state index in [0.717, 1.165) is 18.4 Å². The zero-order valence-electron chi connectivity index (χ0n) is 9.90. The van der Waals surface area contributed by atoms with Crippen molar-refractivity contribution in [3.05, 3.63) is 41.5 Å². The van der Waals surface area contributed by atoms with E-state index >= 15 is 0 Å². The summed E-state index contributed by atoms with van der Waals surface area (Å²) in [6.45, 7) is 4.37. The molecule has 0 saturated heterocycles. The lowest BCUT2D eigenvalue weighted by molar-refractivity contribution is -0.137. The van der Waals surface area contributed by atoms with Crippen molar-refractivity contribution < 1.29 is 9.53 Å². The summed E-state index contributed by atoms with van der Waals surface area (Å²) in [5, 5.41) is 0. The number of rotatable bonds is 5. The van der Waals surface area contributed by atoms with Crippen molar-refractivity contribution in [3.8, 4) is 0 Å². The van der Waals surface area contributed by atoms with Crippen LogP contribution in [0.4, 0.5) is 0 Å². The molecule has 0 aliphatic rings. The van der Waals surface area contributed by atoms with E-state index in [2.05, 4.69) is 19.1 Å². The molecule has 0 amide bonds. The fourth-order valence-corrected chi connectivity index (χ4v) is 1.44. The second kappa shape index (κ2) is 6.83. The molecular weight excluding hydrogens is 200 g/mol. The third kappa shape index (κ3) is 4.30. The number of carbonyl (C=O) groups is 1. The summed E-state index contributed by atoms with van der Waals surface area (Å²) >= 11 is 0. The number of carbonyl (C=O) groups excluding carboxylic acids is 1. The Morgan fingerprint density at radius 2 is 1.94 bits per heavy atom. The first kappa shape index (κ1) is 12.5. The maximum Gasteiger partial charge on any atom is 0.330 e. The summed E-state index contributed by atoms with van der Waals surface area (Å²) in [4.78, 5) is 11.1. The highest BCUT2D eigenvalue weighted by molar-refractivity contribution is 5.86.